The van der Waals surface area contributed by atoms with Gasteiger partial charge in [-0.05, 0) is 61.0 Å². The lowest BCUT2D eigenvalue weighted by atomic mass is 10.1. The molecule has 0 saturated heterocycles. The smallest absolute Gasteiger partial charge is 0.338 e. The minimum absolute atomic E-state index is 0.160. The Morgan fingerprint density at radius 1 is 0.730 bits per heavy atom. The molecule has 37 heavy (non-hydrogen) atoms. The van der Waals surface area contributed by atoms with Crippen LogP contribution in [0.4, 0.5) is 32.3 Å². The number of urea groups is 2. The van der Waals surface area contributed by atoms with Crippen LogP contribution in [-0.2, 0) is 4.74 Å². The maximum Gasteiger partial charge on any atom is 0.338 e. The molecule has 0 atom stereocenters. The van der Waals surface area contributed by atoms with Gasteiger partial charge in [-0.3, -0.25) is 0 Å². The first-order valence-corrected chi connectivity index (χ1v) is 11.5. The Hall–Kier alpha value is -5.21. The topological polar surface area (TPSA) is 109 Å². The van der Waals surface area contributed by atoms with E-state index in [-0.39, 0.29) is 23.5 Å². The van der Waals surface area contributed by atoms with Crippen molar-refractivity contribution in [3.05, 3.63) is 83.4 Å². The minimum atomic E-state index is -0.579. The van der Waals surface area contributed by atoms with Crippen molar-refractivity contribution in [3.8, 4) is 24.7 Å². The van der Waals surface area contributed by atoms with E-state index in [0.29, 0.717) is 28.9 Å². The van der Waals surface area contributed by atoms with Crippen molar-refractivity contribution in [2.45, 2.75) is 19.8 Å². The van der Waals surface area contributed by atoms with Crippen LogP contribution in [0.2, 0.25) is 0 Å². The SMILES string of the molecule is C#Cc1cccc(NC(=O)Nc2cc(NC(=O)Nc3cccc(C#C)c3)cc(C(=O)OCCCC)c2)c1. The Bertz CT molecular complexity index is 1290. The van der Waals surface area contributed by atoms with Gasteiger partial charge in [-0.1, -0.05) is 37.3 Å². The number of esters is 1. The molecule has 0 radical (unpaired) electrons. The normalized spacial score (nSPS) is 9.81. The molecule has 0 heterocycles. The van der Waals surface area contributed by atoms with Gasteiger partial charge in [0.15, 0.2) is 0 Å². The average molecular weight is 495 g/mol. The third-order valence-electron chi connectivity index (χ3n) is 4.99. The number of hydrogen-bond donors (Lipinski definition) is 4. The number of anilines is 4. The molecule has 8 heteroatoms. The molecule has 4 N–H and O–H groups in total. The van der Waals surface area contributed by atoms with Crippen molar-refractivity contribution in [3.63, 3.8) is 0 Å². The third kappa shape index (κ3) is 8.20. The molecule has 0 saturated carbocycles. The van der Waals surface area contributed by atoms with Crippen molar-refractivity contribution in [1.82, 2.24) is 0 Å². The molecular formula is C29H26N4O4. The van der Waals surface area contributed by atoms with Gasteiger partial charge in [0.1, 0.15) is 0 Å². The zero-order valence-corrected chi connectivity index (χ0v) is 20.3. The number of nitrogens with one attached hydrogen (secondary N) is 4. The van der Waals surface area contributed by atoms with E-state index in [1.165, 1.54) is 18.2 Å². The summed E-state index contributed by atoms with van der Waals surface area (Å²) in [6.07, 6.45) is 12.4. The molecule has 0 aliphatic carbocycles. The van der Waals surface area contributed by atoms with Crippen LogP contribution in [0, 0.1) is 24.7 Å². The summed E-state index contributed by atoms with van der Waals surface area (Å²) in [5.41, 5.74) is 2.90. The fraction of sp³-hybridized carbons (Fsp3) is 0.138. The van der Waals surface area contributed by atoms with Crippen LogP contribution in [-0.4, -0.2) is 24.6 Å². The summed E-state index contributed by atoms with van der Waals surface area (Å²) < 4.78 is 5.30. The largest absolute Gasteiger partial charge is 0.462 e. The highest BCUT2D eigenvalue weighted by Gasteiger charge is 2.14. The van der Waals surface area contributed by atoms with E-state index >= 15 is 0 Å². The predicted octanol–water partition coefficient (Wildman–Crippen LogP) is 5.89. The molecule has 3 aromatic carbocycles. The number of amides is 4. The fourth-order valence-corrected chi connectivity index (χ4v) is 3.24. The van der Waals surface area contributed by atoms with Gasteiger partial charge in [0.25, 0.3) is 0 Å². The molecule has 0 aliphatic rings. The highest BCUT2D eigenvalue weighted by molar-refractivity contribution is 6.04. The van der Waals surface area contributed by atoms with Crippen molar-refractivity contribution in [1.29, 1.82) is 0 Å². The number of carbonyl (C=O) groups is 3. The number of rotatable bonds is 8. The molecule has 3 aromatic rings. The number of terminal acetylenes is 2. The van der Waals surface area contributed by atoms with E-state index in [4.69, 9.17) is 17.6 Å². The van der Waals surface area contributed by atoms with E-state index in [2.05, 4.69) is 33.1 Å². The molecule has 0 unspecified atom stereocenters. The second-order valence-electron chi connectivity index (χ2n) is 7.90. The first-order chi connectivity index (χ1) is 17.9. The van der Waals surface area contributed by atoms with E-state index < -0.39 is 18.0 Å². The monoisotopic (exact) mass is 494 g/mol. The van der Waals surface area contributed by atoms with Crippen LogP contribution < -0.4 is 21.3 Å². The number of unbranched alkanes of at least 4 members (excludes halogenated alkanes) is 1. The first kappa shape index (κ1) is 26.4. The summed E-state index contributed by atoms with van der Waals surface area (Å²) in [7, 11) is 0. The molecule has 3 rings (SSSR count). The molecule has 0 spiro atoms. The van der Waals surface area contributed by atoms with E-state index in [0.717, 1.165) is 6.42 Å². The maximum absolute atomic E-state index is 12.6. The summed E-state index contributed by atoms with van der Waals surface area (Å²) in [5.74, 6) is 4.42. The summed E-state index contributed by atoms with van der Waals surface area (Å²) >= 11 is 0. The van der Waals surface area contributed by atoms with E-state index in [9.17, 15) is 14.4 Å². The van der Waals surface area contributed by atoms with Crippen LogP contribution >= 0.6 is 0 Å². The first-order valence-electron chi connectivity index (χ1n) is 11.5. The Balaban J connectivity index is 1.78. The van der Waals surface area contributed by atoms with Gasteiger partial charge in [0.2, 0.25) is 0 Å². The zero-order chi connectivity index (χ0) is 26.6. The van der Waals surface area contributed by atoms with Crippen molar-refractivity contribution in [2.24, 2.45) is 0 Å². The summed E-state index contributed by atoms with van der Waals surface area (Å²) in [4.78, 5) is 37.8. The molecule has 0 aromatic heterocycles. The molecule has 8 nitrogen and oxygen atoms in total. The van der Waals surface area contributed by atoms with Crippen molar-refractivity contribution >= 4 is 40.8 Å². The van der Waals surface area contributed by atoms with Crippen LogP contribution in [0.3, 0.4) is 0 Å². The lowest BCUT2D eigenvalue weighted by Crippen LogP contribution is -2.22. The lowest BCUT2D eigenvalue weighted by molar-refractivity contribution is 0.0499. The van der Waals surface area contributed by atoms with Gasteiger partial charge in [-0.25, -0.2) is 14.4 Å². The highest BCUT2D eigenvalue weighted by Crippen LogP contribution is 2.22. The number of ether oxygens (including phenoxy) is 1. The fourth-order valence-electron chi connectivity index (χ4n) is 3.24. The highest BCUT2D eigenvalue weighted by atomic mass is 16.5. The van der Waals surface area contributed by atoms with Gasteiger partial charge < -0.3 is 26.0 Å². The third-order valence-corrected chi connectivity index (χ3v) is 4.99. The zero-order valence-electron chi connectivity index (χ0n) is 20.3. The molecule has 0 aliphatic heterocycles. The van der Waals surface area contributed by atoms with Gasteiger partial charge >= 0.3 is 18.0 Å². The Kier molecular flexibility index (Phi) is 9.30. The summed E-state index contributed by atoms with van der Waals surface area (Å²) in [6, 6.07) is 16.9. The van der Waals surface area contributed by atoms with Gasteiger partial charge in [0, 0.05) is 33.9 Å². The standard InChI is InChI=1S/C29H26N4O4/c1-4-7-14-37-27(34)22-17-25(32-28(35)30-23-12-8-10-20(5-2)15-23)19-26(18-22)33-29(36)31-24-13-9-11-21(6-3)16-24/h2-3,8-13,15-19H,4,7,14H2,1H3,(H2,30,32,35)(H2,31,33,36). The predicted molar refractivity (Wildman–Crippen MR) is 146 cm³/mol. The van der Waals surface area contributed by atoms with E-state index in [1.807, 2.05) is 6.92 Å². The number of benzene rings is 3. The second-order valence-corrected chi connectivity index (χ2v) is 7.90. The van der Waals surface area contributed by atoms with Crippen LogP contribution in [0.25, 0.3) is 0 Å². The summed E-state index contributed by atoms with van der Waals surface area (Å²) in [6.45, 7) is 2.24. The lowest BCUT2D eigenvalue weighted by Gasteiger charge is -2.13. The van der Waals surface area contributed by atoms with E-state index in [1.54, 1.807) is 48.5 Å². The molecule has 0 bridgehead atoms. The van der Waals surface area contributed by atoms with Crippen LogP contribution in [0.15, 0.2) is 66.7 Å². The Morgan fingerprint density at radius 3 is 1.68 bits per heavy atom. The minimum Gasteiger partial charge on any atom is -0.462 e. The molecular weight excluding hydrogens is 468 g/mol. The number of hydrogen-bond acceptors (Lipinski definition) is 4. The summed E-state index contributed by atoms with van der Waals surface area (Å²) in [5, 5.41) is 10.7. The quantitative estimate of drug-likeness (QED) is 0.178. The maximum atomic E-state index is 12.6. The van der Waals surface area contributed by atoms with Crippen LogP contribution in [0.1, 0.15) is 41.3 Å². The molecule has 0 fully saturated rings. The second kappa shape index (κ2) is 13.0. The van der Waals surface area contributed by atoms with Gasteiger partial charge in [-0.2, -0.15) is 0 Å². The number of carbonyl (C=O) groups excluding carboxylic acids is 3. The molecule has 4 amide bonds. The molecule has 186 valence electrons. The van der Waals surface area contributed by atoms with Crippen molar-refractivity contribution in [2.75, 3.05) is 27.9 Å². The Labute approximate surface area is 215 Å². The average Bonchev–Trinajstić information content (AvgIpc) is 2.88. The Morgan fingerprint density at radius 2 is 1.22 bits per heavy atom. The van der Waals surface area contributed by atoms with Gasteiger partial charge in [-0.15, -0.1) is 12.8 Å². The van der Waals surface area contributed by atoms with Crippen LogP contribution in [0.5, 0.6) is 0 Å². The van der Waals surface area contributed by atoms with Crippen molar-refractivity contribution < 1.29 is 19.1 Å². The van der Waals surface area contributed by atoms with Gasteiger partial charge in [0.05, 0.1) is 12.2 Å².